The number of hydrogen-bond donors (Lipinski definition) is 1. The monoisotopic (exact) mass is 159 g/mol. The van der Waals surface area contributed by atoms with Crippen molar-refractivity contribution in [2.75, 3.05) is 13.6 Å². The summed E-state index contributed by atoms with van der Waals surface area (Å²) < 4.78 is 0. The summed E-state index contributed by atoms with van der Waals surface area (Å²) in [4.78, 5) is 12.5. The second-order valence-electron chi connectivity index (χ2n) is 3.27. The molecule has 0 bridgehead atoms. The van der Waals surface area contributed by atoms with Crippen LogP contribution < -0.4 is 0 Å². The number of carbonyl (C=O) groups is 1. The van der Waals surface area contributed by atoms with Gasteiger partial charge in [0.2, 0.25) is 0 Å². The van der Waals surface area contributed by atoms with Gasteiger partial charge < -0.3 is 10.0 Å². The molecule has 0 fully saturated rings. The number of aliphatic carboxylic acids is 1. The smallest absolute Gasteiger partial charge is 0.307 e. The van der Waals surface area contributed by atoms with E-state index in [0.29, 0.717) is 12.6 Å². The molecule has 1 atom stereocenters. The second-order valence-corrected chi connectivity index (χ2v) is 3.27. The van der Waals surface area contributed by atoms with Crippen LogP contribution in [0.25, 0.3) is 0 Å². The molecule has 0 aliphatic rings. The summed E-state index contributed by atoms with van der Waals surface area (Å²) in [5.41, 5.74) is 0. The first-order valence-corrected chi connectivity index (χ1v) is 3.88. The van der Waals surface area contributed by atoms with Gasteiger partial charge in [-0.1, -0.05) is 6.92 Å². The number of carboxylic acids is 1. The van der Waals surface area contributed by atoms with Gasteiger partial charge in [-0.15, -0.1) is 0 Å². The van der Waals surface area contributed by atoms with Gasteiger partial charge in [0, 0.05) is 12.6 Å². The van der Waals surface area contributed by atoms with Crippen LogP contribution in [0, 0.1) is 5.92 Å². The lowest BCUT2D eigenvalue weighted by Crippen LogP contribution is -2.33. The molecule has 0 rings (SSSR count). The van der Waals surface area contributed by atoms with E-state index in [2.05, 4.69) is 13.8 Å². The van der Waals surface area contributed by atoms with Gasteiger partial charge in [-0.3, -0.25) is 4.79 Å². The van der Waals surface area contributed by atoms with Crippen molar-refractivity contribution >= 4 is 5.97 Å². The molecule has 0 saturated heterocycles. The van der Waals surface area contributed by atoms with Crippen molar-refractivity contribution < 1.29 is 9.90 Å². The van der Waals surface area contributed by atoms with E-state index >= 15 is 0 Å². The average molecular weight is 159 g/mol. The molecule has 0 aromatic rings. The van der Waals surface area contributed by atoms with E-state index in [-0.39, 0.29) is 5.92 Å². The van der Waals surface area contributed by atoms with E-state index in [9.17, 15) is 4.79 Å². The highest BCUT2D eigenvalue weighted by molar-refractivity contribution is 5.69. The van der Waals surface area contributed by atoms with Crippen LogP contribution in [0.1, 0.15) is 20.8 Å². The molecule has 3 nitrogen and oxygen atoms in total. The van der Waals surface area contributed by atoms with Crippen LogP contribution in [0.2, 0.25) is 0 Å². The lowest BCUT2D eigenvalue weighted by Gasteiger charge is -2.22. The molecular weight excluding hydrogens is 142 g/mol. The van der Waals surface area contributed by atoms with Crippen LogP contribution in [0.15, 0.2) is 0 Å². The molecule has 0 saturated carbocycles. The Morgan fingerprint density at radius 2 is 1.91 bits per heavy atom. The maximum atomic E-state index is 10.4. The van der Waals surface area contributed by atoms with Crippen LogP contribution in [0.4, 0.5) is 0 Å². The fraction of sp³-hybridized carbons (Fsp3) is 0.875. The minimum atomic E-state index is -0.725. The Morgan fingerprint density at radius 1 is 1.45 bits per heavy atom. The highest BCUT2D eigenvalue weighted by atomic mass is 16.4. The number of rotatable bonds is 4. The third-order valence-electron chi connectivity index (χ3n) is 1.86. The first-order valence-electron chi connectivity index (χ1n) is 3.88. The first kappa shape index (κ1) is 10.4. The fourth-order valence-corrected chi connectivity index (χ4v) is 0.721. The molecule has 3 heteroatoms. The lowest BCUT2D eigenvalue weighted by atomic mass is 10.1. The molecule has 0 aliphatic heterocycles. The molecule has 0 spiro atoms. The summed E-state index contributed by atoms with van der Waals surface area (Å²) in [6.07, 6.45) is 0. The van der Waals surface area contributed by atoms with E-state index in [4.69, 9.17) is 5.11 Å². The Labute approximate surface area is 68.0 Å². The molecule has 1 N–H and O–H groups in total. The van der Waals surface area contributed by atoms with Crippen LogP contribution in [0.3, 0.4) is 0 Å². The zero-order valence-corrected chi connectivity index (χ0v) is 7.66. The molecule has 0 heterocycles. The molecule has 1 unspecified atom stereocenters. The van der Waals surface area contributed by atoms with Gasteiger partial charge in [-0.05, 0) is 20.9 Å². The molecule has 11 heavy (non-hydrogen) atoms. The maximum Gasteiger partial charge on any atom is 0.307 e. The molecular formula is C8H17NO2. The van der Waals surface area contributed by atoms with Crippen molar-refractivity contribution in [1.82, 2.24) is 4.90 Å². The van der Waals surface area contributed by atoms with Gasteiger partial charge in [-0.25, -0.2) is 0 Å². The molecule has 0 aliphatic carbocycles. The molecule has 0 aromatic carbocycles. The average Bonchev–Trinajstić information content (AvgIpc) is 1.87. The SMILES string of the molecule is CC(CN(C)C(C)C)C(=O)O. The Morgan fingerprint density at radius 3 is 2.18 bits per heavy atom. The van der Waals surface area contributed by atoms with Gasteiger partial charge in [-0.2, -0.15) is 0 Å². The normalized spacial score (nSPS) is 14.0. The van der Waals surface area contributed by atoms with Gasteiger partial charge in [0.1, 0.15) is 0 Å². The molecule has 0 radical (unpaired) electrons. The van der Waals surface area contributed by atoms with Crippen LogP contribution in [-0.4, -0.2) is 35.6 Å². The van der Waals surface area contributed by atoms with Gasteiger partial charge >= 0.3 is 5.97 Å². The van der Waals surface area contributed by atoms with E-state index in [1.54, 1.807) is 6.92 Å². The summed E-state index contributed by atoms with van der Waals surface area (Å²) in [5.74, 6) is -1.00. The van der Waals surface area contributed by atoms with Crippen molar-refractivity contribution in [1.29, 1.82) is 0 Å². The van der Waals surface area contributed by atoms with Crippen molar-refractivity contribution in [3.05, 3.63) is 0 Å². The predicted molar refractivity (Wildman–Crippen MR) is 44.6 cm³/mol. The van der Waals surface area contributed by atoms with Gasteiger partial charge in [0.15, 0.2) is 0 Å². The zero-order valence-electron chi connectivity index (χ0n) is 7.66. The molecule has 0 aromatic heterocycles. The van der Waals surface area contributed by atoms with Crippen molar-refractivity contribution in [3.8, 4) is 0 Å². The Balaban J connectivity index is 3.75. The third-order valence-corrected chi connectivity index (χ3v) is 1.86. The summed E-state index contributed by atoms with van der Waals surface area (Å²) in [7, 11) is 1.93. The van der Waals surface area contributed by atoms with E-state index in [0.717, 1.165) is 0 Å². The minimum absolute atomic E-state index is 0.276. The van der Waals surface area contributed by atoms with E-state index < -0.39 is 5.97 Å². The van der Waals surface area contributed by atoms with Crippen molar-refractivity contribution in [2.45, 2.75) is 26.8 Å². The van der Waals surface area contributed by atoms with Gasteiger partial charge in [0.05, 0.1) is 5.92 Å². The Kier molecular flexibility index (Phi) is 4.11. The number of carboxylic acid groups (broad SMARTS) is 1. The quantitative estimate of drug-likeness (QED) is 0.666. The second kappa shape index (κ2) is 4.34. The maximum absolute atomic E-state index is 10.4. The van der Waals surface area contributed by atoms with Gasteiger partial charge in [0.25, 0.3) is 0 Å². The largest absolute Gasteiger partial charge is 0.481 e. The van der Waals surface area contributed by atoms with E-state index in [1.165, 1.54) is 0 Å². The molecule has 66 valence electrons. The Bertz CT molecular complexity index is 134. The summed E-state index contributed by atoms with van der Waals surface area (Å²) in [6.45, 7) is 6.44. The zero-order chi connectivity index (χ0) is 9.02. The predicted octanol–water partition coefficient (Wildman–Crippen LogP) is 1.05. The standard InChI is InChI=1S/C8H17NO2/c1-6(2)9(4)5-7(3)8(10)11/h6-7H,5H2,1-4H3,(H,10,11). The van der Waals surface area contributed by atoms with Crippen molar-refractivity contribution in [3.63, 3.8) is 0 Å². The summed E-state index contributed by atoms with van der Waals surface area (Å²) >= 11 is 0. The number of hydrogen-bond acceptors (Lipinski definition) is 2. The third kappa shape index (κ3) is 3.98. The van der Waals surface area contributed by atoms with Crippen molar-refractivity contribution in [2.24, 2.45) is 5.92 Å². The highest BCUT2D eigenvalue weighted by Gasteiger charge is 2.14. The van der Waals surface area contributed by atoms with Crippen LogP contribution in [0.5, 0.6) is 0 Å². The Hall–Kier alpha value is -0.570. The van der Waals surface area contributed by atoms with Crippen LogP contribution in [-0.2, 0) is 4.79 Å². The topological polar surface area (TPSA) is 40.5 Å². The minimum Gasteiger partial charge on any atom is -0.481 e. The fourth-order valence-electron chi connectivity index (χ4n) is 0.721. The summed E-state index contributed by atoms with van der Waals surface area (Å²) in [5, 5.41) is 8.59. The van der Waals surface area contributed by atoms with Crippen LogP contribution >= 0.6 is 0 Å². The first-order chi connectivity index (χ1) is 4.95. The van der Waals surface area contributed by atoms with E-state index in [1.807, 2.05) is 11.9 Å². The number of nitrogens with zero attached hydrogens (tertiary/aromatic N) is 1. The highest BCUT2D eigenvalue weighted by Crippen LogP contribution is 2.01. The molecule has 0 amide bonds. The lowest BCUT2D eigenvalue weighted by molar-refractivity contribution is -0.141. The summed E-state index contributed by atoms with van der Waals surface area (Å²) in [6, 6.07) is 0.414.